The minimum absolute atomic E-state index is 0.0332. The third-order valence-corrected chi connectivity index (χ3v) is 4.41. The number of thioether (sulfide) groups is 1. The van der Waals surface area contributed by atoms with Gasteiger partial charge in [0.25, 0.3) is 11.6 Å². The number of nitrogens with one attached hydrogen (secondary N) is 1. The fourth-order valence-electron chi connectivity index (χ4n) is 2.10. The topological polar surface area (TPSA) is 108 Å². The van der Waals surface area contributed by atoms with Crippen LogP contribution in [0.25, 0.3) is 0 Å². The quantitative estimate of drug-likeness (QED) is 0.386. The minimum atomic E-state index is -0.607. The molecule has 2 rings (SSSR count). The van der Waals surface area contributed by atoms with Crippen LogP contribution in [0.1, 0.15) is 5.56 Å². The van der Waals surface area contributed by atoms with E-state index < -0.39 is 23.4 Å². The molecule has 0 saturated carbocycles. The van der Waals surface area contributed by atoms with Crippen LogP contribution in [0.5, 0.6) is 5.75 Å². The van der Waals surface area contributed by atoms with E-state index in [1.54, 1.807) is 12.1 Å². The van der Waals surface area contributed by atoms with Crippen LogP contribution in [0, 0.1) is 15.9 Å². The van der Waals surface area contributed by atoms with Crippen molar-refractivity contribution in [3.8, 4) is 5.75 Å². The molecule has 0 radical (unpaired) electrons. The van der Waals surface area contributed by atoms with Gasteiger partial charge in [0.2, 0.25) is 0 Å². The number of anilines is 1. The van der Waals surface area contributed by atoms with E-state index >= 15 is 0 Å². The first-order valence-electron chi connectivity index (χ1n) is 7.99. The highest BCUT2D eigenvalue weighted by Gasteiger charge is 2.14. The summed E-state index contributed by atoms with van der Waals surface area (Å²) in [5, 5.41) is 13.2. The zero-order valence-electron chi connectivity index (χ0n) is 14.8. The molecule has 28 heavy (non-hydrogen) atoms. The van der Waals surface area contributed by atoms with Gasteiger partial charge >= 0.3 is 5.97 Å². The molecule has 0 aliphatic carbocycles. The molecule has 2 aromatic rings. The van der Waals surface area contributed by atoms with Crippen LogP contribution in [0.2, 0.25) is 0 Å². The van der Waals surface area contributed by atoms with Gasteiger partial charge in [-0.15, -0.1) is 11.8 Å². The molecule has 148 valence electrons. The van der Waals surface area contributed by atoms with Crippen molar-refractivity contribution >= 4 is 35.0 Å². The first-order valence-corrected chi connectivity index (χ1v) is 9.14. The zero-order valence-corrected chi connectivity index (χ0v) is 15.7. The van der Waals surface area contributed by atoms with E-state index in [0.717, 1.165) is 5.56 Å². The molecule has 0 saturated heterocycles. The van der Waals surface area contributed by atoms with Crippen molar-refractivity contribution < 1.29 is 28.4 Å². The maximum absolute atomic E-state index is 12.8. The average Bonchev–Trinajstić information content (AvgIpc) is 2.68. The van der Waals surface area contributed by atoms with Gasteiger partial charge in [0.1, 0.15) is 11.6 Å². The Morgan fingerprint density at radius 1 is 1.21 bits per heavy atom. The molecular weight excluding hydrogens is 391 g/mol. The lowest BCUT2D eigenvalue weighted by molar-refractivity contribution is -0.384. The summed E-state index contributed by atoms with van der Waals surface area (Å²) in [7, 11) is 1.31. The standard InChI is InChI=1S/C18H17FN2O6S/c1-26-16-8-14(21(24)25)6-7-15(16)20-17(22)9-27-18(23)11-28-10-12-2-4-13(19)5-3-12/h2-8H,9-11H2,1H3,(H,20,22). The maximum atomic E-state index is 12.8. The molecule has 0 atom stereocenters. The number of hydrogen-bond acceptors (Lipinski definition) is 7. The van der Waals surface area contributed by atoms with E-state index in [1.165, 1.54) is 49.2 Å². The Morgan fingerprint density at radius 2 is 1.93 bits per heavy atom. The van der Waals surface area contributed by atoms with Crippen LogP contribution < -0.4 is 10.1 Å². The second kappa shape index (κ2) is 10.3. The number of carbonyl (C=O) groups is 2. The van der Waals surface area contributed by atoms with Gasteiger partial charge < -0.3 is 14.8 Å². The van der Waals surface area contributed by atoms with Crippen LogP contribution in [-0.4, -0.2) is 36.3 Å². The van der Waals surface area contributed by atoms with Crippen LogP contribution in [0.15, 0.2) is 42.5 Å². The lowest BCUT2D eigenvalue weighted by atomic mass is 10.2. The van der Waals surface area contributed by atoms with Crippen molar-refractivity contribution in [3.63, 3.8) is 0 Å². The highest BCUT2D eigenvalue weighted by molar-refractivity contribution is 7.99. The SMILES string of the molecule is COc1cc([N+](=O)[O-])ccc1NC(=O)COC(=O)CSCc1ccc(F)cc1. The largest absolute Gasteiger partial charge is 0.494 e. The number of halogens is 1. The number of hydrogen-bond donors (Lipinski definition) is 1. The van der Waals surface area contributed by atoms with Crippen molar-refractivity contribution in [2.75, 3.05) is 24.8 Å². The first kappa shape index (κ1) is 21.2. The number of benzene rings is 2. The number of nitro groups is 1. The zero-order chi connectivity index (χ0) is 20.5. The smallest absolute Gasteiger partial charge is 0.316 e. The number of methoxy groups -OCH3 is 1. The van der Waals surface area contributed by atoms with Crippen LogP contribution in [0.3, 0.4) is 0 Å². The first-order chi connectivity index (χ1) is 13.4. The average molecular weight is 408 g/mol. The van der Waals surface area contributed by atoms with Gasteiger partial charge in [-0.25, -0.2) is 4.39 Å². The highest BCUT2D eigenvalue weighted by atomic mass is 32.2. The predicted molar refractivity (Wildman–Crippen MR) is 102 cm³/mol. The Labute approximate surface area is 164 Å². The molecule has 1 amide bonds. The predicted octanol–water partition coefficient (Wildman–Crippen LogP) is 3.16. The van der Waals surface area contributed by atoms with Crippen molar-refractivity contribution in [3.05, 3.63) is 64.0 Å². The van der Waals surface area contributed by atoms with E-state index in [9.17, 15) is 24.1 Å². The summed E-state index contributed by atoms with van der Waals surface area (Å²) in [4.78, 5) is 33.8. The van der Waals surface area contributed by atoms with Gasteiger partial charge in [-0.1, -0.05) is 12.1 Å². The maximum Gasteiger partial charge on any atom is 0.316 e. The molecule has 0 heterocycles. The second-order valence-corrected chi connectivity index (χ2v) is 6.46. The summed E-state index contributed by atoms with van der Waals surface area (Å²) in [6.07, 6.45) is 0. The number of carbonyl (C=O) groups excluding carboxylic acids is 2. The van der Waals surface area contributed by atoms with Crippen molar-refractivity contribution in [2.45, 2.75) is 5.75 Å². The summed E-state index contributed by atoms with van der Waals surface area (Å²) < 4.78 is 22.7. The lowest BCUT2D eigenvalue weighted by Crippen LogP contribution is -2.22. The monoisotopic (exact) mass is 408 g/mol. The van der Waals surface area contributed by atoms with Crippen molar-refractivity contribution in [1.82, 2.24) is 0 Å². The summed E-state index contributed by atoms with van der Waals surface area (Å²) >= 11 is 1.27. The van der Waals surface area contributed by atoms with Crippen molar-refractivity contribution in [2.24, 2.45) is 0 Å². The van der Waals surface area contributed by atoms with Gasteiger partial charge in [0, 0.05) is 11.8 Å². The van der Waals surface area contributed by atoms with Crippen molar-refractivity contribution in [1.29, 1.82) is 0 Å². The summed E-state index contributed by atoms with van der Waals surface area (Å²) in [6, 6.07) is 9.65. The molecule has 0 bridgehead atoms. The molecular formula is C18H17FN2O6S. The van der Waals surface area contributed by atoms with Gasteiger partial charge in [-0.2, -0.15) is 0 Å². The number of rotatable bonds is 9. The molecule has 0 fully saturated rings. The molecule has 8 nitrogen and oxygen atoms in total. The Kier molecular flexibility index (Phi) is 7.76. The highest BCUT2D eigenvalue weighted by Crippen LogP contribution is 2.28. The van der Waals surface area contributed by atoms with E-state index in [2.05, 4.69) is 5.32 Å². The Morgan fingerprint density at radius 3 is 2.57 bits per heavy atom. The molecule has 10 heteroatoms. The van der Waals surface area contributed by atoms with Crippen LogP contribution in [0.4, 0.5) is 15.8 Å². The minimum Gasteiger partial charge on any atom is -0.494 e. The summed E-state index contributed by atoms with van der Waals surface area (Å²) in [6.45, 7) is -0.504. The van der Waals surface area contributed by atoms with E-state index in [-0.39, 0.29) is 28.7 Å². The fraction of sp³-hybridized carbons (Fsp3) is 0.222. The Bertz CT molecular complexity index is 860. The van der Waals surface area contributed by atoms with E-state index in [0.29, 0.717) is 5.75 Å². The number of non-ortho nitro benzene ring substituents is 1. The number of nitro benzene ring substituents is 1. The third kappa shape index (κ3) is 6.54. The molecule has 0 aliphatic rings. The van der Waals surface area contributed by atoms with Crippen LogP contribution >= 0.6 is 11.8 Å². The van der Waals surface area contributed by atoms with E-state index in [1.807, 2.05) is 0 Å². The van der Waals surface area contributed by atoms with Gasteiger partial charge in [0.05, 0.1) is 29.5 Å². The molecule has 0 aliphatic heterocycles. The molecule has 0 unspecified atom stereocenters. The molecule has 0 spiro atoms. The summed E-state index contributed by atoms with van der Waals surface area (Å²) in [5.74, 6) is -0.859. The summed E-state index contributed by atoms with van der Waals surface area (Å²) in [5.41, 5.74) is 0.904. The van der Waals surface area contributed by atoms with Gasteiger partial charge in [-0.05, 0) is 23.8 Å². The number of amides is 1. The van der Waals surface area contributed by atoms with Crippen LogP contribution in [-0.2, 0) is 20.1 Å². The van der Waals surface area contributed by atoms with E-state index in [4.69, 9.17) is 9.47 Å². The molecule has 0 aromatic heterocycles. The molecule has 2 aromatic carbocycles. The number of esters is 1. The Hall–Kier alpha value is -3.14. The third-order valence-electron chi connectivity index (χ3n) is 3.44. The van der Waals surface area contributed by atoms with Gasteiger partial charge in [-0.3, -0.25) is 19.7 Å². The second-order valence-electron chi connectivity index (χ2n) is 5.47. The number of nitrogens with zero attached hydrogens (tertiary/aromatic N) is 1. The lowest BCUT2D eigenvalue weighted by Gasteiger charge is -2.10. The Balaban J connectivity index is 1.76. The number of ether oxygens (including phenoxy) is 2. The fourth-order valence-corrected chi connectivity index (χ4v) is 2.88. The molecule has 1 N–H and O–H groups in total. The normalized spacial score (nSPS) is 10.2. The van der Waals surface area contributed by atoms with Gasteiger partial charge in [0.15, 0.2) is 6.61 Å².